The topological polar surface area (TPSA) is 52.1 Å². The second kappa shape index (κ2) is 13.4. The van der Waals surface area contributed by atoms with Crippen molar-refractivity contribution in [2.75, 3.05) is 53.5 Å². The van der Waals surface area contributed by atoms with Crippen LogP contribution in [0.2, 0.25) is 0 Å². The van der Waals surface area contributed by atoms with Crippen molar-refractivity contribution in [3.63, 3.8) is 0 Å². The van der Waals surface area contributed by atoms with E-state index in [9.17, 15) is 0 Å². The zero-order valence-electron chi connectivity index (χ0n) is 18.0. The number of piperidine rings is 1. The van der Waals surface area contributed by atoms with Crippen LogP contribution in [0.5, 0.6) is 0 Å². The molecule has 1 unspecified atom stereocenters. The summed E-state index contributed by atoms with van der Waals surface area (Å²) < 4.78 is 5.19. The number of ether oxygens (including phenoxy) is 1. The Morgan fingerprint density at radius 3 is 2.59 bits per heavy atom. The molecule has 6 nitrogen and oxygen atoms in total. The number of likely N-dealkylation sites (tertiary alicyclic amines) is 2. The van der Waals surface area contributed by atoms with E-state index in [1.807, 2.05) is 7.05 Å². The Bertz CT molecular complexity index is 592. The van der Waals surface area contributed by atoms with Crippen LogP contribution in [0.1, 0.15) is 31.2 Å². The van der Waals surface area contributed by atoms with E-state index in [2.05, 4.69) is 55.8 Å². The van der Waals surface area contributed by atoms with Crippen molar-refractivity contribution in [1.82, 2.24) is 20.4 Å². The fraction of sp³-hybridized carbons (Fsp3) is 0.682. The molecule has 1 aromatic carbocycles. The highest BCUT2D eigenvalue weighted by molar-refractivity contribution is 14.0. The Labute approximate surface area is 193 Å². The third-order valence-electron chi connectivity index (χ3n) is 6.00. The standard InChI is InChI=1S/C22H37N5O.HI/c1-23-22(25-20-10-13-26(14-11-20)15-16-28-2)24-17-21-9-6-12-27(21)18-19-7-4-3-5-8-19;/h3-5,7-8,20-21H,6,9-18H2,1-2H3,(H2,23,24,25);1H. The van der Waals surface area contributed by atoms with Crippen molar-refractivity contribution < 1.29 is 4.74 Å². The lowest BCUT2D eigenvalue weighted by atomic mass is 10.1. The van der Waals surface area contributed by atoms with Gasteiger partial charge in [0.15, 0.2) is 5.96 Å². The van der Waals surface area contributed by atoms with Gasteiger partial charge in [-0.15, -0.1) is 24.0 Å². The molecule has 2 heterocycles. The van der Waals surface area contributed by atoms with Gasteiger partial charge in [-0.1, -0.05) is 30.3 Å². The lowest BCUT2D eigenvalue weighted by Crippen LogP contribution is -2.51. The normalized spacial score (nSPS) is 21.7. The van der Waals surface area contributed by atoms with Gasteiger partial charge in [-0.3, -0.25) is 9.89 Å². The van der Waals surface area contributed by atoms with E-state index >= 15 is 0 Å². The van der Waals surface area contributed by atoms with Crippen molar-refractivity contribution in [1.29, 1.82) is 0 Å². The Hall–Kier alpha value is -0.900. The van der Waals surface area contributed by atoms with Gasteiger partial charge in [-0.2, -0.15) is 0 Å². The molecule has 0 bridgehead atoms. The number of nitrogens with zero attached hydrogens (tertiary/aromatic N) is 3. The first kappa shape index (κ1) is 24.4. The van der Waals surface area contributed by atoms with Crippen LogP contribution in [-0.2, 0) is 11.3 Å². The molecule has 2 saturated heterocycles. The smallest absolute Gasteiger partial charge is 0.191 e. The zero-order chi connectivity index (χ0) is 19.6. The molecule has 29 heavy (non-hydrogen) atoms. The minimum atomic E-state index is 0. The second-order valence-electron chi connectivity index (χ2n) is 7.96. The summed E-state index contributed by atoms with van der Waals surface area (Å²) in [4.78, 5) is 9.55. The molecule has 2 N–H and O–H groups in total. The molecular weight excluding hydrogens is 477 g/mol. The SMILES string of the molecule is CN=C(NCC1CCCN1Cc1ccccc1)NC1CCN(CCOC)CC1.I. The summed E-state index contributed by atoms with van der Waals surface area (Å²) in [5.41, 5.74) is 1.40. The van der Waals surface area contributed by atoms with E-state index in [-0.39, 0.29) is 24.0 Å². The van der Waals surface area contributed by atoms with Gasteiger partial charge in [0.2, 0.25) is 0 Å². The van der Waals surface area contributed by atoms with Crippen molar-refractivity contribution in [3.8, 4) is 0 Å². The van der Waals surface area contributed by atoms with Crippen molar-refractivity contribution >= 4 is 29.9 Å². The number of aliphatic imine (C=N–C) groups is 1. The molecule has 0 radical (unpaired) electrons. The molecule has 0 aliphatic carbocycles. The van der Waals surface area contributed by atoms with Crippen LogP contribution in [0, 0.1) is 0 Å². The highest BCUT2D eigenvalue weighted by atomic mass is 127. The predicted octanol–water partition coefficient (Wildman–Crippen LogP) is 2.54. The Kier molecular flexibility index (Phi) is 11.3. The summed E-state index contributed by atoms with van der Waals surface area (Å²) in [6.07, 6.45) is 4.86. The molecular formula is C22H38IN5O. The third-order valence-corrected chi connectivity index (χ3v) is 6.00. The summed E-state index contributed by atoms with van der Waals surface area (Å²) >= 11 is 0. The largest absolute Gasteiger partial charge is 0.383 e. The van der Waals surface area contributed by atoms with Gasteiger partial charge in [0.25, 0.3) is 0 Å². The highest BCUT2D eigenvalue weighted by Gasteiger charge is 2.25. The van der Waals surface area contributed by atoms with Gasteiger partial charge in [0, 0.05) is 59.0 Å². The van der Waals surface area contributed by atoms with Gasteiger partial charge in [-0.05, 0) is 37.8 Å². The molecule has 164 valence electrons. The number of nitrogens with one attached hydrogen (secondary N) is 2. The first-order valence-electron chi connectivity index (χ1n) is 10.7. The zero-order valence-corrected chi connectivity index (χ0v) is 20.3. The molecule has 2 aliphatic rings. The molecule has 3 rings (SSSR count). The van der Waals surface area contributed by atoms with Crippen molar-refractivity contribution in [2.45, 2.75) is 44.3 Å². The molecule has 7 heteroatoms. The lowest BCUT2D eigenvalue weighted by molar-refractivity contribution is 0.128. The maximum atomic E-state index is 5.19. The van der Waals surface area contributed by atoms with Crippen LogP contribution in [0.25, 0.3) is 0 Å². The second-order valence-corrected chi connectivity index (χ2v) is 7.96. The lowest BCUT2D eigenvalue weighted by Gasteiger charge is -2.33. The average molecular weight is 515 g/mol. The van der Waals surface area contributed by atoms with Crippen LogP contribution >= 0.6 is 24.0 Å². The van der Waals surface area contributed by atoms with Crippen molar-refractivity contribution in [2.24, 2.45) is 4.99 Å². The first-order chi connectivity index (χ1) is 13.8. The highest BCUT2D eigenvalue weighted by Crippen LogP contribution is 2.19. The number of guanidine groups is 1. The summed E-state index contributed by atoms with van der Waals surface area (Å²) in [6.45, 7) is 7.31. The summed E-state index contributed by atoms with van der Waals surface area (Å²) in [6, 6.07) is 11.9. The summed E-state index contributed by atoms with van der Waals surface area (Å²) in [5.74, 6) is 0.946. The molecule has 0 spiro atoms. The fourth-order valence-corrected chi connectivity index (χ4v) is 4.28. The number of rotatable bonds is 8. The molecule has 2 aliphatic heterocycles. The number of hydrogen-bond donors (Lipinski definition) is 2. The van der Waals surface area contributed by atoms with E-state index in [4.69, 9.17) is 4.74 Å². The number of hydrogen-bond acceptors (Lipinski definition) is 4. The maximum absolute atomic E-state index is 5.19. The van der Waals surface area contributed by atoms with E-state index in [0.29, 0.717) is 12.1 Å². The molecule has 1 atom stereocenters. The van der Waals surface area contributed by atoms with E-state index < -0.39 is 0 Å². The number of benzene rings is 1. The van der Waals surface area contributed by atoms with Crippen molar-refractivity contribution in [3.05, 3.63) is 35.9 Å². The average Bonchev–Trinajstić information content (AvgIpc) is 3.18. The monoisotopic (exact) mass is 515 g/mol. The minimum absolute atomic E-state index is 0. The van der Waals surface area contributed by atoms with E-state index in [1.165, 1.54) is 24.9 Å². The van der Waals surface area contributed by atoms with Crippen LogP contribution in [0.4, 0.5) is 0 Å². The summed E-state index contributed by atoms with van der Waals surface area (Å²) in [7, 11) is 3.65. The Balaban J connectivity index is 0.00000300. The number of methoxy groups -OCH3 is 1. The third kappa shape index (κ3) is 8.03. The minimum Gasteiger partial charge on any atom is -0.383 e. The molecule has 0 amide bonds. The number of halogens is 1. The van der Waals surface area contributed by atoms with E-state index in [0.717, 1.165) is 58.1 Å². The van der Waals surface area contributed by atoms with Gasteiger partial charge < -0.3 is 20.3 Å². The van der Waals surface area contributed by atoms with Gasteiger partial charge in [-0.25, -0.2) is 0 Å². The maximum Gasteiger partial charge on any atom is 0.191 e. The van der Waals surface area contributed by atoms with Crippen LogP contribution in [-0.4, -0.2) is 81.3 Å². The van der Waals surface area contributed by atoms with Gasteiger partial charge in [0.05, 0.1) is 6.61 Å². The Morgan fingerprint density at radius 1 is 1.14 bits per heavy atom. The van der Waals surface area contributed by atoms with Gasteiger partial charge >= 0.3 is 0 Å². The molecule has 2 fully saturated rings. The molecule has 1 aromatic rings. The quantitative estimate of drug-likeness (QED) is 0.317. The predicted molar refractivity (Wildman–Crippen MR) is 131 cm³/mol. The van der Waals surface area contributed by atoms with Crippen LogP contribution in [0.15, 0.2) is 35.3 Å². The van der Waals surface area contributed by atoms with Crippen LogP contribution < -0.4 is 10.6 Å². The summed E-state index contributed by atoms with van der Waals surface area (Å²) in [5, 5.41) is 7.22. The van der Waals surface area contributed by atoms with Crippen LogP contribution in [0.3, 0.4) is 0 Å². The Morgan fingerprint density at radius 2 is 1.90 bits per heavy atom. The molecule has 0 saturated carbocycles. The fourth-order valence-electron chi connectivity index (χ4n) is 4.28. The van der Waals surface area contributed by atoms with E-state index in [1.54, 1.807) is 7.11 Å². The van der Waals surface area contributed by atoms with Gasteiger partial charge in [0.1, 0.15) is 0 Å². The first-order valence-corrected chi connectivity index (χ1v) is 10.7. The molecule has 0 aromatic heterocycles.